The molecule has 0 aliphatic heterocycles. The molecule has 110 valence electrons. The van der Waals surface area contributed by atoms with E-state index in [1.165, 1.54) is 7.11 Å². The fourth-order valence-corrected chi connectivity index (χ4v) is 2.39. The molecule has 0 aromatic heterocycles. The van der Waals surface area contributed by atoms with Gasteiger partial charge in [0.2, 0.25) is 0 Å². The standard InChI is InChI=1S/C15H15BrN2O3/c1-20-14-6-4-10(8-12(14)16)18-13-5-3-9(17)7-11(13)15(19)21-2/h3-8,18H,17H2,1-2H3. The fraction of sp³-hybridized carbons (Fsp3) is 0.133. The zero-order chi connectivity index (χ0) is 15.4. The van der Waals surface area contributed by atoms with E-state index in [0.717, 1.165) is 15.9 Å². The highest BCUT2D eigenvalue weighted by atomic mass is 79.9. The Morgan fingerprint density at radius 3 is 2.57 bits per heavy atom. The molecule has 5 nitrogen and oxygen atoms in total. The van der Waals surface area contributed by atoms with E-state index in [4.69, 9.17) is 15.2 Å². The van der Waals surface area contributed by atoms with Gasteiger partial charge in [0.15, 0.2) is 0 Å². The largest absolute Gasteiger partial charge is 0.496 e. The van der Waals surface area contributed by atoms with E-state index in [-0.39, 0.29) is 0 Å². The number of carbonyl (C=O) groups excluding carboxylic acids is 1. The monoisotopic (exact) mass is 350 g/mol. The number of rotatable bonds is 4. The van der Waals surface area contributed by atoms with Gasteiger partial charge in [0, 0.05) is 11.4 Å². The number of nitrogens with one attached hydrogen (secondary N) is 1. The van der Waals surface area contributed by atoms with Crippen molar-refractivity contribution in [2.24, 2.45) is 0 Å². The number of ether oxygens (including phenoxy) is 2. The van der Waals surface area contributed by atoms with Gasteiger partial charge < -0.3 is 20.5 Å². The molecule has 21 heavy (non-hydrogen) atoms. The Morgan fingerprint density at radius 1 is 1.19 bits per heavy atom. The average molecular weight is 351 g/mol. The first-order valence-corrected chi connectivity index (χ1v) is 6.93. The van der Waals surface area contributed by atoms with Crippen LogP contribution in [0.15, 0.2) is 40.9 Å². The Hall–Kier alpha value is -2.21. The first kappa shape index (κ1) is 15.2. The molecule has 3 N–H and O–H groups in total. The van der Waals surface area contributed by atoms with Crippen LogP contribution in [0.3, 0.4) is 0 Å². The van der Waals surface area contributed by atoms with Crippen molar-refractivity contribution in [1.29, 1.82) is 0 Å². The van der Waals surface area contributed by atoms with E-state index in [2.05, 4.69) is 21.2 Å². The summed E-state index contributed by atoms with van der Waals surface area (Å²) in [4.78, 5) is 11.8. The van der Waals surface area contributed by atoms with E-state index in [9.17, 15) is 4.79 Å². The maximum absolute atomic E-state index is 11.8. The van der Waals surface area contributed by atoms with E-state index < -0.39 is 5.97 Å². The van der Waals surface area contributed by atoms with Crippen LogP contribution < -0.4 is 15.8 Å². The maximum Gasteiger partial charge on any atom is 0.340 e. The van der Waals surface area contributed by atoms with Gasteiger partial charge in [-0.3, -0.25) is 0 Å². The molecule has 6 heteroatoms. The number of carbonyl (C=O) groups is 1. The minimum Gasteiger partial charge on any atom is -0.496 e. The van der Waals surface area contributed by atoms with Crippen molar-refractivity contribution < 1.29 is 14.3 Å². The number of nitrogens with two attached hydrogens (primary N) is 1. The van der Waals surface area contributed by atoms with Crippen molar-refractivity contribution in [2.45, 2.75) is 0 Å². The molecule has 0 radical (unpaired) electrons. The van der Waals surface area contributed by atoms with Crippen LogP contribution in [-0.2, 0) is 4.74 Å². The Labute approximate surface area is 131 Å². The van der Waals surface area contributed by atoms with Crippen LogP contribution in [0, 0.1) is 0 Å². The van der Waals surface area contributed by atoms with Crippen LogP contribution in [0.2, 0.25) is 0 Å². The van der Waals surface area contributed by atoms with Gasteiger partial charge in [-0.1, -0.05) is 0 Å². The molecular weight excluding hydrogens is 336 g/mol. The van der Waals surface area contributed by atoms with Crippen molar-refractivity contribution in [2.75, 3.05) is 25.3 Å². The van der Waals surface area contributed by atoms with Crippen molar-refractivity contribution in [3.63, 3.8) is 0 Å². The Balaban J connectivity index is 2.35. The second kappa shape index (κ2) is 6.49. The highest BCUT2D eigenvalue weighted by molar-refractivity contribution is 9.10. The predicted octanol–water partition coefficient (Wildman–Crippen LogP) is 3.57. The Kier molecular flexibility index (Phi) is 4.70. The lowest BCUT2D eigenvalue weighted by atomic mass is 10.1. The van der Waals surface area contributed by atoms with Crippen LogP contribution >= 0.6 is 15.9 Å². The molecule has 0 spiro atoms. The summed E-state index contributed by atoms with van der Waals surface area (Å²) in [5.41, 5.74) is 8.01. The lowest BCUT2D eigenvalue weighted by Crippen LogP contribution is -2.06. The van der Waals surface area contributed by atoms with E-state index in [1.807, 2.05) is 18.2 Å². The number of methoxy groups -OCH3 is 2. The van der Waals surface area contributed by atoms with Gasteiger partial charge in [0.25, 0.3) is 0 Å². The molecule has 0 aliphatic carbocycles. The molecule has 0 atom stereocenters. The van der Waals surface area contributed by atoms with Gasteiger partial charge in [0.1, 0.15) is 5.75 Å². The van der Waals surface area contributed by atoms with Crippen LogP contribution in [-0.4, -0.2) is 20.2 Å². The molecular formula is C15H15BrN2O3. The van der Waals surface area contributed by atoms with Gasteiger partial charge in [-0.25, -0.2) is 4.79 Å². The molecule has 0 aliphatic rings. The molecule has 0 bridgehead atoms. The van der Waals surface area contributed by atoms with Crippen LogP contribution in [0.1, 0.15) is 10.4 Å². The third-order valence-electron chi connectivity index (χ3n) is 2.88. The normalized spacial score (nSPS) is 10.0. The van der Waals surface area contributed by atoms with Crippen molar-refractivity contribution in [3.05, 3.63) is 46.4 Å². The number of nitrogen functional groups attached to an aromatic ring is 1. The number of esters is 1. The van der Waals surface area contributed by atoms with Crippen LogP contribution in [0.5, 0.6) is 5.75 Å². The second-order valence-electron chi connectivity index (χ2n) is 4.27. The summed E-state index contributed by atoms with van der Waals surface area (Å²) in [6.07, 6.45) is 0. The maximum atomic E-state index is 11.8. The van der Waals surface area contributed by atoms with Gasteiger partial charge in [-0.15, -0.1) is 0 Å². The summed E-state index contributed by atoms with van der Waals surface area (Å²) in [7, 11) is 2.93. The number of anilines is 3. The fourth-order valence-electron chi connectivity index (χ4n) is 1.85. The van der Waals surface area contributed by atoms with Gasteiger partial charge in [-0.2, -0.15) is 0 Å². The quantitative estimate of drug-likeness (QED) is 0.651. The first-order chi connectivity index (χ1) is 10.0. The summed E-state index contributed by atoms with van der Waals surface area (Å²) < 4.78 is 10.8. The highest BCUT2D eigenvalue weighted by Gasteiger charge is 2.13. The number of benzene rings is 2. The molecule has 0 fully saturated rings. The summed E-state index contributed by atoms with van der Waals surface area (Å²) in [6, 6.07) is 10.6. The van der Waals surface area contributed by atoms with Crippen LogP contribution in [0.25, 0.3) is 0 Å². The number of hydrogen-bond acceptors (Lipinski definition) is 5. The van der Waals surface area contributed by atoms with Crippen molar-refractivity contribution in [1.82, 2.24) is 0 Å². The second-order valence-corrected chi connectivity index (χ2v) is 5.13. The minimum atomic E-state index is -0.447. The zero-order valence-electron chi connectivity index (χ0n) is 11.6. The molecule has 2 rings (SSSR count). The topological polar surface area (TPSA) is 73.6 Å². The third-order valence-corrected chi connectivity index (χ3v) is 3.50. The van der Waals surface area contributed by atoms with E-state index in [1.54, 1.807) is 25.3 Å². The number of halogens is 1. The average Bonchev–Trinajstić information content (AvgIpc) is 2.48. The third kappa shape index (κ3) is 3.46. The van der Waals surface area contributed by atoms with Crippen LogP contribution in [0.4, 0.5) is 17.1 Å². The van der Waals surface area contributed by atoms with Gasteiger partial charge in [0.05, 0.1) is 29.9 Å². The zero-order valence-corrected chi connectivity index (χ0v) is 13.2. The summed E-state index contributed by atoms with van der Waals surface area (Å²) in [5, 5.41) is 3.17. The van der Waals surface area contributed by atoms with E-state index in [0.29, 0.717) is 16.9 Å². The molecule has 0 saturated heterocycles. The first-order valence-electron chi connectivity index (χ1n) is 6.13. The Bertz CT molecular complexity index is 674. The summed E-state index contributed by atoms with van der Waals surface area (Å²) in [5.74, 6) is 0.281. The van der Waals surface area contributed by atoms with Crippen molar-refractivity contribution >= 4 is 39.0 Å². The predicted molar refractivity (Wildman–Crippen MR) is 86.2 cm³/mol. The summed E-state index contributed by atoms with van der Waals surface area (Å²) in [6.45, 7) is 0. The lowest BCUT2D eigenvalue weighted by molar-refractivity contribution is 0.0602. The molecule has 2 aromatic rings. The molecule has 0 heterocycles. The molecule has 0 saturated carbocycles. The van der Waals surface area contributed by atoms with Crippen molar-refractivity contribution in [3.8, 4) is 5.75 Å². The number of hydrogen-bond donors (Lipinski definition) is 2. The molecule has 0 amide bonds. The highest BCUT2D eigenvalue weighted by Crippen LogP contribution is 2.30. The van der Waals surface area contributed by atoms with E-state index >= 15 is 0 Å². The molecule has 0 unspecified atom stereocenters. The summed E-state index contributed by atoms with van der Waals surface area (Å²) >= 11 is 3.42. The van der Waals surface area contributed by atoms with Gasteiger partial charge in [-0.05, 0) is 52.3 Å². The smallest absolute Gasteiger partial charge is 0.340 e. The van der Waals surface area contributed by atoms with Gasteiger partial charge >= 0.3 is 5.97 Å². The SMILES string of the molecule is COC(=O)c1cc(N)ccc1Nc1ccc(OC)c(Br)c1. The Morgan fingerprint density at radius 2 is 1.95 bits per heavy atom. The minimum absolute atomic E-state index is 0.379. The molecule has 2 aromatic carbocycles. The lowest BCUT2D eigenvalue weighted by Gasteiger charge is -2.13.